The van der Waals surface area contributed by atoms with Gasteiger partial charge in [0.15, 0.2) is 5.96 Å². The molecule has 1 fully saturated rings. The number of nitrogens with zero attached hydrogens (tertiary/aromatic N) is 6. The second kappa shape index (κ2) is 11.9. The van der Waals surface area contributed by atoms with Crippen LogP contribution in [0.25, 0.3) is 0 Å². The van der Waals surface area contributed by atoms with E-state index in [9.17, 15) is 4.39 Å². The van der Waals surface area contributed by atoms with Crippen molar-refractivity contribution in [1.82, 2.24) is 25.1 Å². The summed E-state index contributed by atoms with van der Waals surface area (Å²) < 4.78 is 13.4. The van der Waals surface area contributed by atoms with Gasteiger partial charge in [-0.2, -0.15) is 0 Å². The Morgan fingerprint density at radius 1 is 1.17 bits per heavy atom. The van der Waals surface area contributed by atoms with Crippen LogP contribution in [0, 0.1) is 5.82 Å². The van der Waals surface area contributed by atoms with Crippen molar-refractivity contribution in [3.63, 3.8) is 0 Å². The average molecular weight is 513 g/mol. The van der Waals surface area contributed by atoms with E-state index in [0.717, 1.165) is 56.7 Å². The Kier molecular flexibility index (Phi) is 9.52. The number of aromatic nitrogens is 2. The van der Waals surface area contributed by atoms with E-state index < -0.39 is 0 Å². The number of hydrogen-bond acceptors (Lipinski definition) is 5. The highest BCUT2D eigenvalue weighted by atomic mass is 127. The molecular formula is C20H29FIN7. The number of guanidine groups is 1. The zero-order valence-electron chi connectivity index (χ0n) is 17.0. The van der Waals surface area contributed by atoms with Gasteiger partial charge in [0, 0.05) is 72.3 Å². The molecule has 1 N–H and O–H groups in total. The highest BCUT2D eigenvalue weighted by molar-refractivity contribution is 14.0. The van der Waals surface area contributed by atoms with Crippen LogP contribution in [-0.2, 0) is 6.54 Å². The molecule has 9 heteroatoms. The third-order valence-electron chi connectivity index (χ3n) is 4.80. The van der Waals surface area contributed by atoms with Gasteiger partial charge < -0.3 is 15.1 Å². The molecule has 1 aromatic carbocycles. The molecule has 0 radical (unpaired) electrons. The molecule has 158 valence electrons. The average Bonchev–Trinajstić information content (AvgIpc) is 2.72. The van der Waals surface area contributed by atoms with Gasteiger partial charge in [-0.1, -0.05) is 12.1 Å². The second-order valence-electron chi connectivity index (χ2n) is 6.84. The maximum absolute atomic E-state index is 13.4. The van der Waals surface area contributed by atoms with Gasteiger partial charge in [0.1, 0.15) is 5.82 Å². The van der Waals surface area contributed by atoms with Crippen molar-refractivity contribution >= 4 is 35.9 Å². The quantitative estimate of drug-likeness (QED) is 0.363. The zero-order chi connectivity index (χ0) is 19.8. The first-order valence-corrected chi connectivity index (χ1v) is 9.56. The van der Waals surface area contributed by atoms with Crippen LogP contribution >= 0.6 is 24.0 Å². The third kappa shape index (κ3) is 7.07. The molecule has 2 aromatic rings. The predicted molar refractivity (Wildman–Crippen MR) is 125 cm³/mol. The number of hydrogen-bond donors (Lipinski definition) is 1. The van der Waals surface area contributed by atoms with E-state index in [1.807, 2.05) is 24.1 Å². The Bertz CT molecular complexity index is 766. The summed E-state index contributed by atoms with van der Waals surface area (Å²) in [7, 11) is 3.72. The van der Waals surface area contributed by atoms with E-state index in [1.165, 1.54) is 6.07 Å². The molecule has 3 rings (SSSR count). The smallest absolute Gasteiger partial charge is 0.225 e. The second-order valence-corrected chi connectivity index (χ2v) is 6.84. The highest BCUT2D eigenvalue weighted by Gasteiger charge is 2.18. The fraction of sp³-hybridized carbons (Fsp3) is 0.450. The molecule has 1 aromatic heterocycles. The van der Waals surface area contributed by atoms with Gasteiger partial charge >= 0.3 is 0 Å². The van der Waals surface area contributed by atoms with Crippen molar-refractivity contribution in [3.8, 4) is 0 Å². The van der Waals surface area contributed by atoms with E-state index in [0.29, 0.717) is 6.54 Å². The normalized spacial score (nSPS) is 15.0. The fourth-order valence-corrected chi connectivity index (χ4v) is 3.32. The third-order valence-corrected chi connectivity index (χ3v) is 4.80. The molecule has 0 bridgehead atoms. The van der Waals surface area contributed by atoms with Crippen LogP contribution in [0.2, 0.25) is 0 Å². The minimum atomic E-state index is -0.214. The minimum Gasteiger partial charge on any atom is -0.355 e. The van der Waals surface area contributed by atoms with Crippen LogP contribution in [0.3, 0.4) is 0 Å². The van der Waals surface area contributed by atoms with Crippen molar-refractivity contribution in [2.75, 3.05) is 58.3 Å². The van der Waals surface area contributed by atoms with Crippen molar-refractivity contribution < 1.29 is 4.39 Å². The number of anilines is 1. The Morgan fingerprint density at radius 3 is 2.55 bits per heavy atom. The van der Waals surface area contributed by atoms with E-state index in [-0.39, 0.29) is 29.8 Å². The van der Waals surface area contributed by atoms with Crippen LogP contribution in [-0.4, -0.2) is 79.1 Å². The summed E-state index contributed by atoms with van der Waals surface area (Å²) in [6, 6.07) is 8.50. The standard InChI is InChI=1S/C20H28FN7.HI/c1-22-19(26(2)16-17-5-3-6-18(21)15-17)25-9-10-27-11-13-28(14-12-27)20-23-7-4-8-24-20;/h3-8,15H,9-14,16H2,1-2H3,(H,22,25);1H. The zero-order valence-corrected chi connectivity index (χ0v) is 19.3. The SMILES string of the molecule is CN=C(NCCN1CCN(c2ncccn2)CC1)N(C)Cc1cccc(F)c1.I. The summed E-state index contributed by atoms with van der Waals surface area (Å²) in [6.45, 7) is 6.18. The molecule has 0 amide bonds. The van der Waals surface area contributed by atoms with Crippen molar-refractivity contribution in [1.29, 1.82) is 0 Å². The van der Waals surface area contributed by atoms with E-state index in [4.69, 9.17) is 0 Å². The van der Waals surface area contributed by atoms with Gasteiger partial charge in [0.25, 0.3) is 0 Å². The predicted octanol–water partition coefficient (Wildman–Crippen LogP) is 2.06. The summed E-state index contributed by atoms with van der Waals surface area (Å²) >= 11 is 0. The van der Waals surface area contributed by atoms with Crippen LogP contribution in [0.5, 0.6) is 0 Å². The van der Waals surface area contributed by atoms with Crippen LogP contribution in [0.4, 0.5) is 10.3 Å². The molecule has 0 saturated carbocycles. The van der Waals surface area contributed by atoms with Gasteiger partial charge in [-0.05, 0) is 23.8 Å². The molecule has 29 heavy (non-hydrogen) atoms. The maximum atomic E-state index is 13.4. The van der Waals surface area contributed by atoms with Crippen LogP contribution in [0.1, 0.15) is 5.56 Å². The summed E-state index contributed by atoms with van der Waals surface area (Å²) in [5.74, 6) is 1.40. The number of piperazine rings is 1. The van der Waals surface area contributed by atoms with E-state index in [1.54, 1.807) is 31.6 Å². The lowest BCUT2D eigenvalue weighted by Crippen LogP contribution is -2.49. The number of halogens is 2. The van der Waals surface area contributed by atoms with Gasteiger partial charge in [-0.15, -0.1) is 24.0 Å². The molecule has 1 aliphatic rings. The summed E-state index contributed by atoms with van der Waals surface area (Å²) in [5.41, 5.74) is 0.921. The summed E-state index contributed by atoms with van der Waals surface area (Å²) in [5, 5.41) is 3.40. The molecular weight excluding hydrogens is 484 g/mol. The van der Waals surface area contributed by atoms with Crippen molar-refractivity contribution in [2.24, 2.45) is 4.99 Å². The van der Waals surface area contributed by atoms with Gasteiger partial charge in [-0.3, -0.25) is 9.89 Å². The molecule has 0 aliphatic carbocycles. The van der Waals surface area contributed by atoms with Gasteiger partial charge in [0.2, 0.25) is 5.95 Å². The van der Waals surface area contributed by atoms with Crippen molar-refractivity contribution in [2.45, 2.75) is 6.54 Å². The largest absolute Gasteiger partial charge is 0.355 e. The first kappa shape index (κ1) is 23.3. The van der Waals surface area contributed by atoms with Crippen LogP contribution in [0.15, 0.2) is 47.7 Å². The Hall–Kier alpha value is -2.01. The van der Waals surface area contributed by atoms with Crippen molar-refractivity contribution in [3.05, 3.63) is 54.1 Å². The number of benzene rings is 1. The first-order chi connectivity index (χ1) is 13.7. The van der Waals surface area contributed by atoms with Gasteiger partial charge in [-0.25, -0.2) is 14.4 Å². The maximum Gasteiger partial charge on any atom is 0.225 e. The number of aliphatic imine (C=N–C) groups is 1. The molecule has 1 saturated heterocycles. The van der Waals surface area contributed by atoms with E-state index in [2.05, 4.69) is 30.1 Å². The van der Waals surface area contributed by atoms with Gasteiger partial charge in [0.05, 0.1) is 0 Å². The Morgan fingerprint density at radius 2 is 1.90 bits per heavy atom. The Labute approximate surface area is 189 Å². The summed E-state index contributed by atoms with van der Waals surface area (Å²) in [4.78, 5) is 19.6. The molecule has 0 unspecified atom stereocenters. The minimum absolute atomic E-state index is 0. The molecule has 2 heterocycles. The lowest BCUT2D eigenvalue weighted by molar-refractivity contribution is 0.259. The fourth-order valence-electron chi connectivity index (χ4n) is 3.32. The monoisotopic (exact) mass is 513 g/mol. The molecule has 1 aliphatic heterocycles. The molecule has 0 atom stereocenters. The highest BCUT2D eigenvalue weighted by Crippen LogP contribution is 2.09. The summed E-state index contributed by atoms with van der Waals surface area (Å²) in [6.07, 6.45) is 3.56. The molecule has 7 nitrogen and oxygen atoms in total. The number of rotatable bonds is 6. The van der Waals surface area contributed by atoms with Crippen LogP contribution < -0.4 is 10.2 Å². The molecule has 0 spiro atoms. The lowest BCUT2D eigenvalue weighted by atomic mass is 10.2. The lowest BCUT2D eigenvalue weighted by Gasteiger charge is -2.34. The first-order valence-electron chi connectivity index (χ1n) is 9.56. The topological polar surface area (TPSA) is 59.9 Å². The van der Waals surface area contributed by atoms with E-state index >= 15 is 0 Å². The Balaban J connectivity index is 0.00000300. The number of nitrogens with one attached hydrogen (secondary N) is 1.